The Bertz CT molecular complexity index is 620. The lowest BCUT2D eigenvalue weighted by Gasteiger charge is -2.07. The van der Waals surface area contributed by atoms with Crippen molar-refractivity contribution in [1.82, 2.24) is 0 Å². The van der Waals surface area contributed by atoms with Gasteiger partial charge in [0.2, 0.25) is 8.03 Å². The summed E-state index contributed by atoms with van der Waals surface area (Å²) in [6.45, 7) is 0. The van der Waals surface area contributed by atoms with E-state index in [-0.39, 0.29) is 0 Å². The molecule has 0 saturated carbocycles. The van der Waals surface area contributed by atoms with E-state index in [4.69, 9.17) is 0 Å². The highest BCUT2D eigenvalue weighted by atomic mass is 31.1. The lowest BCUT2D eigenvalue weighted by atomic mass is 10.0. The summed E-state index contributed by atoms with van der Waals surface area (Å²) >= 11 is 0. The van der Waals surface area contributed by atoms with Gasteiger partial charge in [-0.3, -0.25) is 4.57 Å². The first kappa shape index (κ1) is 13.5. The van der Waals surface area contributed by atoms with Gasteiger partial charge >= 0.3 is 5.97 Å². The molecule has 0 aromatic heterocycles. The second-order valence-corrected chi connectivity index (χ2v) is 5.07. The lowest BCUT2D eigenvalue weighted by Crippen LogP contribution is -2.02. The van der Waals surface area contributed by atoms with E-state index < -0.39 is 14.0 Å². The summed E-state index contributed by atoms with van der Waals surface area (Å²) in [4.78, 5) is 20.6. The Hall–Kier alpha value is -1.90. The third-order valence-electron chi connectivity index (χ3n) is 2.77. The Morgan fingerprint density at radius 1 is 1.11 bits per heavy atom. The summed E-state index contributed by atoms with van der Waals surface area (Å²) in [5, 5.41) is 0.415. The highest BCUT2D eigenvalue weighted by molar-refractivity contribution is 7.47. The smallest absolute Gasteiger partial charge is 0.337 e. The summed E-state index contributed by atoms with van der Waals surface area (Å²) in [7, 11) is -1.44. The minimum absolute atomic E-state index is 0.407. The third kappa shape index (κ3) is 2.92. The molecule has 2 rings (SSSR count). The fraction of sp³-hybridized carbons (Fsp3) is 0.0714. The van der Waals surface area contributed by atoms with Gasteiger partial charge in [-0.25, -0.2) is 4.79 Å². The minimum Gasteiger partial charge on any atom is -0.465 e. The predicted molar refractivity (Wildman–Crippen MR) is 74.1 cm³/mol. The second kappa shape index (κ2) is 5.83. The number of hydrogen-bond donors (Lipinski definition) is 1. The number of carbonyl (C=O) groups is 1. The molecular weight excluding hydrogens is 263 g/mol. The van der Waals surface area contributed by atoms with Crippen LogP contribution in [0.1, 0.15) is 10.4 Å². The van der Waals surface area contributed by atoms with Crippen LogP contribution in [0, 0.1) is 0 Å². The SMILES string of the molecule is COC(=O)c1ccc(-c2ccccc2[PH](=O)O)cc1. The van der Waals surface area contributed by atoms with E-state index in [1.54, 1.807) is 48.5 Å². The van der Waals surface area contributed by atoms with Gasteiger partial charge in [-0.2, -0.15) is 0 Å². The molecule has 0 spiro atoms. The lowest BCUT2D eigenvalue weighted by molar-refractivity contribution is 0.0601. The quantitative estimate of drug-likeness (QED) is 0.689. The highest BCUT2D eigenvalue weighted by Gasteiger charge is 2.10. The van der Waals surface area contributed by atoms with E-state index in [1.807, 2.05) is 0 Å². The number of benzene rings is 2. The zero-order valence-electron chi connectivity index (χ0n) is 10.3. The summed E-state index contributed by atoms with van der Waals surface area (Å²) in [6, 6.07) is 13.7. The van der Waals surface area contributed by atoms with Crippen LogP contribution in [0.4, 0.5) is 0 Å². The standard InChI is InChI=1S/C14H13O4P/c1-18-14(15)11-8-6-10(7-9-11)12-4-2-3-5-13(12)19(16)17/h2-9,19H,1H3,(H,16,17). The van der Waals surface area contributed by atoms with Gasteiger partial charge in [0.25, 0.3) is 0 Å². The van der Waals surface area contributed by atoms with Crippen LogP contribution in [0.2, 0.25) is 0 Å². The maximum atomic E-state index is 11.3. The molecule has 1 N–H and O–H groups in total. The zero-order valence-corrected chi connectivity index (χ0v) is 11.3. The van der Waals surface area contributed by atoms with Crippen LogP contribution >= 0.6 is 8.03 Å². The topological polar surface area (TPSA) is 63.6 Å². The first-order chi connectivity index (χ1) is 9.13. The molecule has 0 heterocycles. The van der Waals surface area contributed by atoms with Crippen molar-refractivity contribution in [2.45, 2.75) is 0 Å². The molecule has 2 aromatic rings. The predicted octanol–water partition coefficient (Wildman–Crippen LogP) is 2.23. The molecule has 0 bridgehead atoms. The molecule has 0 saturated heterocycles. The van der Waals surface area contributed by atoms with E-state index in [9.17, 15) is 14.3 Å². The van der Waals surface area contributed by atoms with E-state index in [1.165, 1.54) is 7.11 Å². The van der Waals surface area contributed by atoms with Crippen LogP contribution in [-0.2, 0) is 9.30 Å². The maximum Gasteiger partial charge on any atom is 0.337 e. The van der Waals surface area contributed by atoms with Crippen molar-refractivity contribution >= 4 is 19.3 Å². The van der Waals surface area contributed by atoms with E-state index in [2.05, 4.69) is 4.74 Å². The monoisotopic (exact) mass is 276 g/mol. The van der Waals surface area contributed by atoms with Crippen molar-refractivity contribution in [3.05, 3.63) is 54.1 Å². The molecule has 0 fully saturated rings. The normalized spacial score (nSPS) is 11.9. The average molecular weight is 276 g/mol. The second-order valence-electron chi connectivity index (χ2n) is 3.92. The maximum absolute atomic E-state index is 11.3. The van der Waals surface area contributed by atoms with Gasteiger partial charge in [0, 0.05) is 5.30 Å². The van der Waals surface area contributed by atoms with E-state index >= 15 is 0 Å². The fourth-order valence-electron chi connectivity index (χ4n) is 1.83. The number of hydrogen-bond acceptors (Lipinski definition) is 3. The Kier molecular flexibility index (Phi) is 4.15. The molecule has 0 aliphatic heterocycles. The van der Waals surface area contributed by atoms with Crippen molar-refractivity contribution < 1.29 is 19.0 Å². The van der Waals surface area contributed by atoms with Crippen LogP contribution in [-0.4, -0.2) is 18.0 Å². The molecule has 0 amide bonds. The molecule has 98 valence electrons. The van der Waals surface area contributed by atoms with Gasteiger partial charge in [-0.1, -0.05) is 30.3 Å². The molecule has 19 heavy (non-hydrogen) atoms. The van der Waals surface area contributed by atoms with Gasteiger partial charge in [0.15, 0.2) is 0 Å². The Morgan fingerprint density at radius 2 is 1.74 bits per heavy atom. The molecule has 1 atom stereocenters. The van der Waals surface area contributed by atoms with Crippen LogP contribution in [0.3, 0.4) is 0 Å². The molecule has 2 aromatic carbocycles. The molecule has 4 nitrogen and oxygen atoms in total. The van der Waals surface area contributed by atoms with Crippen molar-refractivity contribution in [2.75, 3.05) is 7.11 Å². The first-order valence-electron chi connectivity index (χ1n) is 5.64. The van der Waals surface area contributed by atoms with Crippen molar-refractivity contribution in [3.63, 3.8) is 0 Å². The van der Waals surface area contributed by atoms with Crippen LogP contribution in [0.5, 0.6) is 0 Å². The summed E-state index contributed by atoms with van der Waals surface area (Å²) in [6.07, 6.45) is 0. The molecular formula is C14H13O4P. The molecule has 0 radical (unpaired) electrons. The number of methoxy groups -OCH3 is 1. The summed E-state index contributed by atoms with van der Waals surface area (Å²) in [5.74, 6) is -0.407. The van der Waals surface area contributed by atoms with Crippen molar-refractivity contribution in [2.24, 2.45) is 0 Å². The van der Waals surface area contributed by atoms with Gasteiger partial charge < -0.3 is 9.63 Å². The molecule has 0 aliphatic rings. The Morgan fingerprint density at radius 3 is 2.32 bits per heavy atom. The summed E-state index contributed by atoms with van der Waals surface area (Å²) < 4.78 is 15.9. The Balaban J connectivity index is 2.43. The van der Waals surface area contributed by atoms with E-state index in [0.29, 0.717) is 16.4 Å². The molecule has 0 aliphatic carbocycles. The number of ether oxygens (including phenoxy) is 1. The van der Waals surface area contributed by atoms with Gasteiger partial charge in [0.1, 0.15) is 0 Å². The minimum atomic E-state index is -2.76. The molecule has 5 heteroatoms. The average Bonchev–Trinajstić information content (AvgIpc) is 2.46. The van der Waals surface area contributed by atoms with Crippen molar-refractivity contribution in [1.29, 1.82) is 0 Å². The van der Waals surface area contributed by atoms with Crippen LogP contribution in [0.25, 0.3) is 11.1 Å². The van der Waals surface area contributed by atoms with E-state index in [0.717, 1.165) is 5.56 Å². The number of esters is 1. The number of rotatable bonds is 3. The number of carbonyl (C=O) groups excluding carboxylic acids is 1. The van der Waals surface area contributed by atoms with Crippen LogP contribution < -0.4 is 5.30 Å². The first-order valence-corrected chi connectivity index (χ1v) is 7.00. The zero-order chi connectivity index (χ0) is 13.8. The fourth-order valence-corrected chi connectivity index (χ4v) is 2.52. The van der Waals surface area contributed by atoms with Crippen molar-refractivity contribution in [3.8, 4) is 11.1 Å². The van der Waals surface area contributed by atoms with Gasteiger partial charge in [0.05, 0.1) is 12.7 Å². The third-order valence-corrected chi connectivity index (χ3v) is 3.67. The highest BCUT2D eigenvalue weighted by Crippen LogP contribution is 2.25. The largest absolute Gasteiger partial charge is 0.465 e. The van der Waals surface area contributed by atoms with Crippen LogP contribution in [0.15, 0.2) is 48.5 Å². The Labute approximate surface area is 111 Å². The molecule has 1 unspecified atom stereocenters. The van der Waals surface area contributed by atoms with Gasteiger partial charge in [-0.15, -0.1) is 0 Å². The van der Waals surface area contributed by atoms with Gasteiger partial charge in [-0.05, 0) is 29.3 Å². The summed E-state index contributed by atoms with van der Waals surface area (Å²) in [5.41, 5.74) is 1.93.